The fourth-order valence-corrected chi connectivity index (χ4v) is 3.70. The first-order valence-corrected chi connectivity index (χ1v) is 8.52. The lowest BCUT2D eigenvalue weighted by Gasteiger charge is -2.26. The molecule has 3 rings (SSSR count). The van der Waals surface area contributed by atoms with Crippen LogP contribution in [0, 0.1) is 12.8 Å². The summed E-state index contributed by atoms with van der Waals surface area (Å²) in [4.78, 5) is 22.0. The van der Waals surface area contributed by atoms with Crippen LogP contribution in [0.4, 0.5) is 5.95 Å². The van der Waals surface area contributed by atoms with Crippen molar-refractivity contribution in [1.82, 2.24) is 14.9 Å². The first kappa shape index (κ1) is 15.4. The number of nitrogens with zero attached hydrogens (tertiary/aromatic N) is 3. The van der Waals surface area contributed by atoms with Crippen LogP contribution in [0.15, 0.2) is 6.20 Å². The van der Waals surface area contributed by atoms with Crippen LogP contribution in [0.3, 0.4) is 0 Å². The molecular weight excluding hydrogens is 276 g/mol. The predicted molar refractivity (Wildman–Crippen MR) is 87.2 cm³/mol. The molecule has 22 heavy (non-hydrogen) atoms. The molecule has 1 aliphatic carbocycles. The predicted octanol–water partition coefficient (Wildman–Crippen LogP) is 2.66. The van der Waals surface area contributed by atoms with Crippen molar-refractivity contribution < 1.29 is 4.79 Å². The molecule has 0 aromatic carbocycles. The molecule has 5 heteroatoms. The summed E-state index contributed by atoms with van der Waals surface area (Å²) in [5.41, 5.74) is 1.31. The van der Waals surface area contributed by atoms with Crippen molar-refractivity contribution in [2.75, 3.05) is 25.0 Å². The van der Waals surface area contributed by atoms with E-state index in [9.17, 15) is 4.79 Å². The first-order valence-electron chi connectivity index (χ1n) is 8.52. The van der Waals surface area contributed by atoms with Crippen LogP contribution in [0.5, 0.6) is 0 Å². The van der Waals surface area contributed by atoms with E-state index in [-0.39, 0.29) is 0 Å². The van der Waals surface area contributed by atoms with Gasteiger partial charge in [-0.15, -0.1) is 0 Å². The monoisotopic (exact) mass is 302 g/mol. The van der Waals surface area contributed by atoms with Gasteiger partial charge in [-0.3, -0.25) is 4.79 Å². The number of anilines is 1. The van der Waals surface area contributed by atoms with E-state index >= 15 is 0 Å². The third-order valence-electron chi connectivity index (χ3n) is 4.99. The quantitative estimate of drug-likeness (QED) is 0.847. The number of likely N-dealkylation sites (tertiary alicyclic amines) is 1. The Kier molecular flexibility index (Phi) is 5.03. The minimum absolute atomic E-state index is 0.421. The van der Waals surface area contributed by atoms with Crippen molar-refractivity contribution in [3.05, 3.63) is 17.5 Å². The van der Waals surface area contributed by atoms with Crippen molar-refractivity contribution in [2.45, 2.75) is 51.5 Å². The highest BCUT2D eigenvalue weighted by Crippen LogP contribution is 2.26. The smallest absolute Gasteiger partial charge is 0.223 e. The maximum Gasteiger partial charge on any atom is 0.223 e. The second-order valence-corrected chi connectivity index (χ2v) is 6.75. The van der Waals surface area contributed by atoms with E-state index in [0.29, 0.717) is 17.6 Å². The van der Waals surface area contributed by atoms with Crippen LogP contribution < -0.4 is 5.32 Å². The highest BCUT2D eigenvalue weighted by molar-refractivity contribution is 5.75. The molecule has 1 N–H and O–H groups in total. The molecular formula is C17H26N4O. The van der Waals surface area contributed by atoms with Gasteiger partial charge in [0, 0.05) is 31.9 Å². The van der Waals surface area contributed by atoms with Gasteiger partial charge in [-0.05, 0) is 32.1 Å². The molecule has 1 aromatic heterocycles. The maximum atomic E-state index is 10.8. The van der Waals surface area contributed by atoms with Crippen molar-refractivity contribution in [1.29, 1.82) is 0 Å². The SMILES string of the molecule is Cc1nc(N[C@@H]2CCN(CC3CCCCC3)C2)ncc1C=O. The largest absolute Gasteiger partial charge is 0.350 e. The van der Waals surface area contributed by atoms with Crippen LogP contribution in [-0.4, -0.2) is 46.8 Å². The van der Waals surface area contributed by atoms with Crippen LogP contribution in [-0.2, 0) is 0 Å². The molecule has 0 bridgehead atoms. The number of hydrogen-bond donors (Lipinski definition) is 1. The normalized spacial score (nSPS) is 23.6. The molecule has 0 spiro atoms. The van der Waals surface area contributed by atoms with E-state index in [2.05, 4.69) is 20.2 Å². The molecule has 5 nitrogen and oxygen atoms in total. The highest BCUT2D eigenvalue weighted by Gasteiger charge is 2.25. The van der Waals surface area contributed by atoms with Gasteiger partial charge in [-0.25, -0.2) is 9.97 Å². The summed E-state index contributed by atoms with van der Waals surface area (Å²) in [6, 6.07) is 0.421. The summed E-state index contributed by atoms with van der Waals surface area (Å²) in [7, 11) is 0. The number of hydrogen-bond acceptors (Lipinski definition) is 5. The van der Waals surface area contributed by atoms with Crippen LogP contribution >= 0.6 is 0 Å². The zero-order chi connectivity index (χ0) is 15.4. The maximum absolute atomic E-state index is 10.8. The molecule has 0 unspecified atom stereocenters. The van der Waals surface area contributed by atoms with Gasteiger partial charge in [-0.1, -0.05) is 19.3 Å². The molecule has 2 aliphatic rings. The van der Waals surface area contributed by atoms with E-state index in [1.54, 1.807) is 6.20 Å². The molecule has 0 radical (unpaired) electrons. The zero-order valence-electron chi connectivity index (χ0n) is 13.4. The lowest BCUT2D eigenvalue weighted by molar-refractivity contribution is 0.112. The number of nitrogens with one attached hydrogen (secondary N) is 1. The van der Waals surface area contributed by atoms with E-state index in [1.165, 1.54) is 45.2 Å². The number of carbonyl (C=O) groups is 1. The van der Waals surface area contributed by atoms with E-state index < -0.39 is 0 Å². The number of rotatable bonds is 5. The van der Waals surface area contributed by atoms with Gasteiger partial charge in [0.1, 0.15) is 0 Å². The van der Waals surface area contributed by atoms with Crippen LogP contribution in [0.1, 0.15) is 54.6 Å². The number of aromatic nitrogens is 2. The average Bonchev–Trinajstić information content (AvgIpc) is 2.95. The first-order chi connectivity index (χ1) is 10.7. The van der Waals surface area contributed by atoms with Gasteiger partial charge in [0.05, 0.1) is 11.3 Å². The van der Waals surface area contributed by atoms with Gasteiger partial charge >= 0.3 is 0 Å². The second-order valence-electron chi connectivity index (χ2n) is 6.75. The Labute approximate surface area is 132 Å². The molecule has 0 amide bonds. The fraction of sp³-hybridized carbons (Fsp3) is 0.706. The van der Waals surface area contributed by atoms with E-state index in [1.807, 2.05) is 6.92 Å². The Morgan fingerprint density at radius 3 is 2.86 bits per heavy atom. The Hall–Kier alpha value is -1.49. The van der Waals surface area contributed by atoms with Crippen molar-refractivity contribution in [3.63, 3.8) is 0 Å². The topological polar surface area (TPSA) is 58.1 Å². The van der Waals surface area contributed by atoms with Gasteiger partial charge < -0.3 is 10.2 Å². The number of aryl methyl sites for hydroxylation is 1. The standard InChI is InChI=1S/C17H26N4O/c1-13-15(12-22)9-18-17(19-13)20-16-7-8-21(11-16)10-14-5-3-2-4-6-14/h9,12,14,16H,2-8,10-11H2,1H3,(H,18,19,20)/t16-/m1/s1. The molecule has 1 saturated carbocycles. The summed E-state index contributed by atoms with van der Waals surface area (Å²) in [6.07, 6.45) is 10.6. The molecule has 1 saturated heterocycles. The second kappa shape index (κ2) is 7.18. The highest BCUT2D eigenvalue weighted by atomic mass is 16.1. The van der Waals surface area contributed by atoms with Crippen LogP contribution in [0.2, 0.25) is 0 Å². The Morgan fingerprint density at radius 1 is 1.32 bits per heavy atom. The summed E-state index contributed by atoms with van der Waals surface area (Å²) in [6.45, 7) is 5.34. The Balaban J connectivity index is 1.50. The van der Waals surface area contributed by atoms with E-state index in [0.717, 1.165) is 30.9 Å². The lowest BCUT2D eigenvalue weighted by Crippen LogP contribution is -2.31. The Morgan fingerprint density at radius 2 is 2.14 bits per heavy atom. The molecule has 120 valence electrons. The minimum atomic E-state index is 0.421. The zero-order valence-corrected chi connectivity index (χ0v) is 13.4. The minimum Gasteiger partial charge on any atom is -0.350 e. The van der Waals surface area contributed by atoms with Gasteiger partial charge in [0.2, 0.25) is 5.95 Å². The van der Waals surface area contributed by atoms with Crippen molar-refractivity contribution >= 4 is 12.2 Å². The molecule has 2 heterocycles. The summed E-state index contributed by atoms with van der Waals surface area (Å²) in [5.74, 6) is 1.55. The molecule has 2 fully saturated rings. The molecule has 1 aliphatic heterocycles. The van der Waals surface area contributed by atoms with Crippen molar-refractivity contribution in [2.24, 2.45) is 5.92 Å². The van der Waals surface area contributed by atoms with Gasteiger partial charge in [0.25, 0.3) is 0 Å². The molecule has 1 aromatic rings. The van der Waals surface area contributed by atoms with Gasteiger partial charge in [-0.2, -0.15) is 0 Å². The molecule has 1 atom stereocenters. The number of carbonyl (C=O) groups excluding carboxylic acids is 1. The average molecular weight is 302 g/mol. The van der Waals surface area contributed by atoms with Gasteiger partial charge in [0.15, 0.2) is 6.29 Å². The lowest BCUT2D eigenvalue weighted by atomic mass is 9.89. The fourth-order valence-electron chi connectivity index (χ4n) is 3.70. The summed E-state index contributed by atoms with van der Waals surface area (Å²) < 4.78 is 0. The third-order valence-corrected chi connectivity index (χ3v) is 4.99. The van der Waals surface area contributed by atoms with E-state index in [4.69, 9.17) is 0 Å². The number of aldehydes is 1. The third kappa shape index (κ3) is 3.83. The van der Waals surface area contributed by atoms with Crippen molar-refractivity contribution in [3.8, 4) is 0 Å². The Bertz CT molecular complexity index is 513. The summed E-state index contributed by atoms with van der Waals surface area (Å²) >= 11 is 0. The summed E-state index contributed by atoms with van der Waals surface area (Å²) in [5, 5.41) is 3.42. The van der Waals surface area contributed by atoms with Crippen LogP contribution in [0.25, 0.3) is 0 Å².